The van der Waals surface area contributed by atoms with Crippen molar-refractivity contribution in [1.29, 1.82) is 0 Å². The molecule has 0 aromatic heterocycles. The Morgan fingerprint density at radius 3 is 2.78 bits per heavy atom. The largest absolute Gasteiger partial charge is 0.494 e. The standard InChI is InChI=1S/C12H19FN4O/c1-8(2)7-15-12(17-14)16-9-4-5-10(13)11(6-9)18-3/h4-6,8H,7,14H2,1-3H3,(H2,15,16,17). The second-order valence-electron chi connectivity index (χ2n) is 4.20. The fourth-order valence-corrected chi connectivity index (χ4v) is 1.27. The SMILES string of the molecule is COc1cc(NC(=NCC(C)C)NN)ccc1F. The number of methoxy groups -OCH3 is 1. The van der Waals surface area contributed by atoms with Crippen molar-refractivity contribution in [2.24, 2.45) is 16.8 Å². The molecular weight excluding hydrogens is 235 g/mol. The summed E-state index contributed by atoms with van der Waals surface area (Å²) in [5.74, 6) is 5.97. The number of nitrogens with one attached hydrogen (secondary N) is 2. The Balaban J connectivity index is 2.78. The molecule has 0 radical (unpaired) electrons. The normalized spacial score (nSPS) is 11.6. The number of nitrogens with two attached hydrogens (primary N) is 1. The maximum absolute atomic E-state index is 13.2. The van der Waals surface area contributed by atoms with E-state index in [1.165, 1.54) is 19.2 Å². The van der Waals surface area contributed by atoms with Crippen LogP contribution in [-0.4, -0.2) is 19.6 Å². The smallest absolute Gasteiger partial charge is 0.210 e. The summed E-state index contributed by atoms with van der Waals surface area (Å²) < 4.78 is 18.1. The maximum atomic E-state index is 13.2. The lowest BCUT2D eigenvalue weighted by molar-refractivity contribution is 0.387. The summed E-state index contributed by atoms with van der Waals surface area (Å²) in [4.78, 5) is 4.25. The molecule has 1 aromatic carbocycles. The number of halogens is 1. The molecule has 0 aliphatic heterocycles. The molecule has 0 amide bonds. The molecule has 1 rings (SSSR count). The van der Waals surface area contributed by atoms with Gasteiger partial charge in [0.1, 0.15) is 0 Å². The Hall–Kier alpha value is -1.82. The summed E-state index contributed by atoms with van der Waals surface area (Å²) in [6.07, 6.45) is 0. The van der Waals surface area contributed by atoms with E-state index < -0.39 is 5.82 Å². The number of rotatable bonds is 4. The van der Waals surface area contributed by atoms with Crippen LogP contribution in [0.2, 0.25) is 0 Å². The van der Waals surface area contributed by atoms with Crippen LogP contribution >= 0.6 is 0 Å². The Labute approximate surface area is 106 Å². The second kappa shape index (κ2) is 6.80. The van der Waals surface area contributed by atoms with Crippen LogP contribution in [-0.2, 0) is 0 Å². The van der Waals surface area contributed by atoms with Crippen molar-refractivity contribution in [1.82, 2.24) is 5.43 Å². The van der Waals surface area contributed by atoms with Crippen LogP contribution in [0.4, 0.5) is 10.1 Å². The predicted octanol–water partition coefficient (Wildman–Crippen LogP) is 1.72. The molecule has 0 spiro atoms. The molecule has 0 unspecified atom stereocenters. The molecule has 1 aromatic rings. The number of ether oxygens (including phenoxy) is 1. The van der Waals surface area contributed by atoms with Gasteiger partial charge in [0, 0.05) is 18.3 Å². The highest BCUT2D eigenvalue weighted by atomic mass is 19.1. The summed E-state index contributed by atoms with van der Waals surface area (Å²) in [5.41, 5.74) is 3.11. The zero-order valence-corrected chi connectivity index (χ0v) is 10.8. The summed E-state index contributed by atoms with van der Waals surface area (Å²) in [5, 5.41) is 2.95. The van der Waals surface area contributed by atoms with Gasteiger partial charge < -0.3 is 10.1 Å². The van der Waals surface area contributed by atoms with Crippen LogP contribution in [0.25, 0.3) is 0 Å². The number of anilines is 1. The minimum absolute atomic E-state index is 0.167. The molecule has 0 aliphatic carbocycles. The summed E-state index contributed by atoms with van der Waals surface area (Å²) in [6.45, 7) is 4.75. The van der Waals surface area contributed by atoms with Gasteiger partial charge in [-0.25, -0.2) is 10.2 Å². The average molecular weight is 254 g/mol. The topological polar surface area (TPSA) is 71.7 Å². The van der Waals surface area contributed by atoms with E-state index in [2.05, 4.69) is 29.6 Å². The summed E-state index contributed by atoms with van der Waals surface area (Å²) >= 11 is 0. The molecule has 0 aliphatic rings. The number of guanidine groups is 1. The number of hydrogen-bond acceptors (Lipinski definition) is 3. The van der Waals surface area contributed by atoms with E-state index in [1.54, 1.807) is 6.07 Å². The monoisotopic (exact) mass is 254 g/mol. The number of hydrogen-bond donors (Lipinski definition) is 3. The molecule has 4 N–H and O–H groups in total. The zero-order valence-electron chi connectivity index (χ0n) is 10.8. The minimum atomic E-state index is -0.413. The van der Waals surface area contributed by atoms with E-state index in [4.69, 9.17) is 10.6 Å². The lowest BCUT2D eigenvalue weighted by Gasteiger charge is -2.11. The van der Waals surface area contributed by atoms with Gasteiger partial charge in [-0.05, 0) is 18.1 Å². The van der Waals surface area contributed by atoms with E-state index >= 15 is 0 Å². The van der Waals surface area contributed by atoms with Crippen molar-refractivity contribution in [3.8, 4) is 5.75 Å². The van der Waals surface area contributed by atoms with Crippen molar-refractivity contribution < 1.29 is 9.13 Å². The number of benzene rings is 1. The van der Waals surface area contributed by atoms with Crippen LogP contribution in [0.5, 0.6) is 5.75 Å². The highest BCUT2D eigenvalue weighted by Crippen LogP contribution is 2.21. The molecule has 0 saturated carbocycles. The molecule has 6 heteroatoms. The van der Waals surface area contributed by atoms with Crippen LogP contribution in [0.1, 0.15) is 13.8 Å². The quantitative estimate of drug-likeness (QED) is 0.331. The van der Waals surface area contributed by atoms with Gasteiger partial charge in [0.25, 0.3) is 0 Å². The van der Waals surface area contributed by atoms with Crippen LogP contribution in [0.3, 0.4) is 0 Å². The van der Waals surface area contributed by atoms with Crippen molar-refractivity contribution >= 4 is 11.6 Å². The third kappa shape index (κ3) is 4.21. The van der Waals surface area contributed by atoms with Gasteiger partial charge >= 0.3 is 0 Å². The fraction of sp³-hybridized carbons (Fsp3) is 0.417. The molecule has 0 atom stereocenters. The minimum Gasteiger partial charge on any atom is -0.494 e. The molecule has 0 saturated heterocycles. The average Bonchev–Trinajstić information content (AvgIpc) is 2.36. The Morgan fingerprint density at radius 2 is 2.22 bits per heavy atom. The molecule has 5 nitrogen and oxygen atoms in total. The first-order valence-corrected chi connectivity index (χ1v) is 5.68. The van der Waals surface area contributed by atoms with Crippen LogP contribution < -0.4 is 21.3 Å². The molecule has 0 fully saturated rings. The fourth-order valence-electron chi connectivity index (χ4n) is 1.27. The molecule has 0 heterocycles. The van der Waals surface area contributed by atoms with E-state index in [0.717, 1.165) is 0 Å². The lowest BCUT2D eigenvalue weighted by Crippen LogP contribution is -2.36. The van der Waals surface area contributed by atoms with Crippen molar-refractivity contribution in [2.45, 2.75) is 13.8 Å². The first kappa shape index (κ1) is 14.2. The van der Waals surface area contributed by atoms with Gasteiger partial charge in [-0.3, -0.25) is 10.4 Å². The Kier molecular flexibility index (Phi) is 5.38. The number of nitrogens with zero attached hydrogens (tertiary/aromatic N) is 1. The van der Waals surface area contributed by atoms with Gasteiger partial charge in [0.2, 0.25) is 5.96 Å². The zero-order chi connectivity index (χ0) is 13.5. The van der Waals surface area contributed by atoms with Crippen molar-refractivity contribution in [2.75, 3.05) is 19.0 Å². The third-order valence-corrected chi connectivity index (χ3v) is 2.17. The highest BCUT2D eigenvalue weighted by Gasteiger charge is 2.05. The van der Waals surface area contributed by atoms with E-state index in [9.17, 15) is 4.39 Å². The van der Waals surface area contributed by atoms with Gasteiger partial charge in [0.15, 0.2) is 11.6 Å². The van der Waals surface area contributed by atoms with E-state index in [0.29, 0.717) is 24.1 Å². The first-order chi connectivity index (χ1) is 8.56. The Morgan fingerprint density at radius 1 is 1.50 bits per heavy atom. The van der Waals surface area contributed by atoms with E-state index in [-0.39, 0.29) is 5.75 Å². The number of aliphatic imine (C=N–C) groups is 1. The first-order valence-electron chi connectivity index (χ1n) is 5.68. The highest BCUT2D eigenvalue weighted by molar-refractivity contribution is 5.93. The van der Waals surface area contributed by atoms with Gasteiger partial charge in [0.05, 0.1) is 7.11 Å². The number of hydrazine groups is 1. The molecular formula is C12H19FN4O. The van der Waals surface area contributed by atoms with Crippen LogP contribution in [0, 0.1) is 11.7 Å². The second-order valence-corrected chi connectivity index (χ2v) is 4.20. The van der Waals surface area contributed by atoms with E-state index in [1.807, 2.05) is 0 Å². The predicted molar refractivity (Wildman–Crippen MR) is 71.0 cm³/mol. The van der Waals surface area contributed by atoms with Gasteiger partial charge in [-0.15, -0.1) is 0 Å². The maximum Gasteiger partial charge on any atom is 0.210 e. The molecule has 18 heavy (non-hydrogen) atoms. The van der Waals surface area contributed by atoms with Gasteiger partial charge in [-0.1, -0.05) is 13.8 Å². The lowest BCUT2D eigenvalue weighted by atomic mass is 10.2. The Bertz CT molecular complexity index is 421. The summed E-state index contributed by atoms with van der Waals surface area (Å²) in [6, 6.07) is 4.44. The molecule has 0 bridgehead atoms. The van der Waals surface area contributed by atoms with Crippen LogP contribution in [0.15, 0.2) is 23.2 Å². The molecule has 100 valence electrons. The van der Waals surface area contributed by atoms with Crippen molar-refractivity contribution in [3.63, 3.8) is 0 Å². The third-order valence-electron chi connectivity index (χ3n) is 2.17. The summed E-state index contributed by atoms with van der Waals surface area (Å²) in [7, 11) is 1.41. The van der Waals surface area contributed by atoms with Gasteiger partial charge in [-0.2, -0.15) is 0 Å². The van der Waals surface area contributed by atoms with Crippen molar-refractivity contribution in [3.05, 3.63) is 24.0 Å².